The van der Waals surface area contributed by atoms with Gasteiger partial charge < -0.3 is 15.4 Å². The molecule has 1 aromatic heterocycles. The van der Waals surface area contributed by atoms with Crippen LogP contribution < -0.4 is 10.6 Å². The molecule has 3 aromatic rings. The average Bonchev–Trinajstić information content (AvgIpc) is 3.33. The topological polar surface area (TPSA) is 83.6 Å². The summed E-state index contributed by atoms with van der Waals surface area (Å²) < 4.78 is 5.33. The van der Waals surface area contributed by atoms with Crippen molar-refractivity contribution >= 4 is 40.4 Å². The van der Waals surface area contributed by atoms with Gasteiger partial charge in [0, 0.05) is 54.3 Å². The molecular formula is C24H25ClN4O3S. The predicted molar refractivity (Wildman–Crippen MR) is 131 cm³/mol. The molecule has 0 atom stereocenters. The Morgan fingerprint density at radius 2 is 1.91 bits per heavy atom. The molecule has 1 saturated heterocycles. The number of hydrogen-bond donors (Lipinski definition) is 2. The molecule has 2 N–H and O–H groups in total. The highest BCUT2D eigenvalue weighted by Crippen LogP contribution is 2.25. The van der Waals surface area contributed by atoms with Crippen LogP contribution in [0.2, 0.25) is 5.02 Å². The molecule has 2 aromatic carbocycles. The average molecular weight is 485 g/mol. The first-order chi connectivity index (χ1) is 16.1. The summed E-state index contributed by atoms with van der Waals surface area (Å²) in [5.74, 6) is -0.272. The van der Waals surface area contributed by atoms with Crippen LogP contribution in [0, 0.1) is 0 Å². The van der Waals surface area contributed by atoms with Gasteiger partial charge >= 0.3 is 0 Å². The molecule has 172 valence electrons. The summed E-state index contributed by atoms with van der Waals surface area (Å²) in [5, 5.41) is 8.99. The Labute approximate surface area is 201 Å². The number of carbonyl (C=O) groups excluding carboxylic acids is 2. The normalized spacial score (nSPS) is 14.1. The van der Waals surface area contributed by atoms with Gasteiger partial charge in [0.15, 0.2) is 0 Å². The molecule has 9 heteroatoms. The van der Waals surface area contributed by atoms with Crippen LogP contribution >= 0.6 is 22.9 Å². The highest BCUT2D eigenvalue weighted by molar-refractivity contribution is 7.13. The van der Waals surface area contributed by atoms with E-state index in [4.69, 9.17) is 16.3 Å². The van der Waals surface area contributed by atoms with Gasteiger partial charge in [0.2, 0.25) is 5.91 Å². The number of thiazole rings is 1. The molecule has 0 aliphatic carbocycles. The lowest BCUT2D eigenvalue weighted by atomic mass is 10.2. The fourth-order valence-corrected chi connectivity index (χ4v) is 4.38. The van der Waals surface area contributed by atoms with E-state index in [0.717, 1.165) is 49.0 Å². The predicted octanol–water partition coefficient (Wildman–Crippen LogP) is 4.05. The van der Waals surface area contributed by atoms with Crippen LogP contribution in [0.15, 0.2) is 53.9 Å². The van der Waals surface area contributed by atoms with Crippen molar-refractivity contribution in [2.75, 3.05) is 38.2 Å². The molecule has 7 nitrogen and oxygen atoms in total. The van der Waals surface area contributed by atoms with E-state index in [1.165, 1.54) is 11.3 Å². The minimum atomic E-state index is -0.244. The van der Waals surface area contributed by atoms with Crippen LogP contribution in [0.4, 0.5) is 5.69 Å². The summed E-state index contributed by atoms with van der Waals surface area (Å²) in [6.07, 6.45) is 0.431. The fourth-order valence-electron chi connectivity index (χ4n) is 3.44. The van der Waals surface area contributed by atoms with Gasteiger partial charge in [-0.1, -0.05) is 35.9 Å². The van der Waals surface area contributed by atoms with E-state index < -0.39 is 0 Å². The fraction of sp³-hybridized carbons (Fsp3) is 0.292. The molecule has 0 spiro atoms. The largest absolute Gasteiger partial charge is 0.379 e. The van der Waals surface area contributed by atoms with Gasteiger partial charge in [-0.05, 0) is 29.8 Å². The van der Waals surface area contributed by atoms with Crippen molar-refractivity contribution in [3.8, 4) is 10.6 Å². The molecule has 1 aliphatic rings. The number of carbonyl (C=O) groups is 2. The molecule has 0 unspecified atom stereocenters. The number of aromatic nitrogens is 1. The highest BCUT2D eigenvalue weighted by atomic mass is 35.5. The number of ether oxygens (including phenoxy) is 1. The van der Waals surface area contributed by atoms with Crippen molar-refractivity contribution in [3.05, 3.63) is 70.2 Å². The van der Waals surface area contributed by atoms with E-state index in [1.807, 2.05) is 36.4 Å². The summed E-state index contributed by atoms with van der Waals surface area (Å²) in [6, 6.07) is 14.8. The van der Waals surface area contributed by atoms with Crippen LogP contribution in [0.1, 0.15) is 22.5 Å². The summed E-state index contributed by atoms with van der Waals surface area (Å²) in [7, 11) is 0. The van der Waals surface area contributed by atoms with Gasteiger partial charge in [-0.25, -0.2) is 4.98 Å². The monoisotopic (exact) mass is 484 g/mol. The number of rotatable bonds is 8. The van der Waals surface area contributed by atoms with Crippen molar-refractivity contribution in [2.24, 2.45) is 0 Å². The zero-order valence-electron chi connectivity index (χ0n) is 18.1. The number of nitrogens with one attached hydrogen (secondary N) is 2. The number of hydrogen-bond acceptors (Lipinski definition) is 6. The SMILES string of the molecule is O=C(CCN1CCOCC1)Nc1cccc(CNC(=O)c2csc(-c3ccc(Cl)cc3)n2)c1. The van der Waals surface area contributed by atoms with E-state index in [2.05, 4.69) is 20.5 Å². The lowest BCUT2D eigenvalue weighted by Crippen LogP contribution is -2.38. The Morgan fingerprint density at radius 1 is 1.12 bits per heavy atom. The molecule has 0 bridgehead atoms. The number of amides is 2. The molecule has 1 aliphatic heterocycles. The number of benzene rings is 2. The Balaban J connectivity index is 1.27. The van der Waals surface area contributed by atoms with E-state index in [0.29, 0.717) is 29.4 Å². The van der Waals surface area contributed by atoms with E-state index in [9.17, 15) is 9.59 Å². The first-order valence-corrected chi connectivity index (χ1v) is 12.0. The van der Waals surface area contributed by atoms with Gasteiger partial charge in [-0.3, -0.25) is 14.5 Å². The first kappa shape index (κ1) is 23.4. The standard InChI is InChI=1S/C24H25ClN4O3S/c25-19-6-4-18(5-7-19)24-28-21(16-33-24)23(31)26-15-17-2-1-3-20(14-17)27-22(30)8-9-29-10-12-32-13-11-29/h1-7,14,16H,8-13,15H2,(H,26,31)(H,27,30). The molecule has 0 saturated carbocycles. The van der Waals surface area contributed by atoms with E-state index in [-0.39, 0.29) is 11.8 Å². The lowest BCUT2D eigenvalue weighted by Gasteiger charge is -2.26. The van der Waals surface area contributed by atoms with Crippen LogP contribution in [0.3, 0.4) is 0 Å². The minimum absolute atomic E-state index is 0.0279. The molecule has 2 heterocycles. The zero-order valence-corrected chi connectivity index (χ0v) is 19.6. The van der Waals surface area contributed by atoms with Gasteiger partial charge in [0.25, 0.3) is 5.91 Å². The molecule has 0 radical (unpaired) electrons. The van der Waals surface area contributed by atoms with Gasteiger partial charge in [-0.2, -0.15) is 0 Å². The van der Waals surface area contributed by atoms with Crippen LogP contribution in [-0.4, -0.2) is 54.5 Å². The summed E-state index contributed by atoms with van der Waals surface area (Å²) in [5.41, 5.74) is 2.90. The van der Waals surface area contributed by atoms with Gasteiger partial charge in [0.1, 0.15) is 10.7 Å². The third kappa shape index (κ3) is 6.85. The van der Waals surface area contributed by atoms with Crippen LogP contribution in [0.5, 0.6) is 0 Å². The maximum absolute atomic E-state index is 12.5. The van der Waals surface area contributed by atoms with Crippen molar-refractivity contribution in [1.29, 1.82) is 0 Å². The maximum Gasteiger partial charge on any atom is 0.271 e. The van der Waals surface area contributed by atoms with Crippen molar-refractivity contribution < 1.29 is 14.3 Å². The smallest absolute Gasteiger partial charge is 0.271 e. The Morgan fingerprint density at radius 3 is 2.70 bits per heavy atom. The minimum Gasteiger partial charge on any atom is -0.379 e. The van der Waals surface area contributed by atoms with Crippen molar-refractivity contribution in [1.82, 2.24) is 15.2 Å². The van der Waals surface area contributed by atoms with Crippen molar-refractivity contribution in [3.63, 3.8) is 0 Å². The highest BCUT2D eigenvalue weighted by Gasteiger charge is 2.13. The Hall–Kier alpha value is -2.78. The Kier molecular flexibility index (Phi) is 8.06. The van der Waals surface area contributed by atoms with E-state index in [1.54, 1.807) is 17.5 Å². The van der Waals surface area contributed by atoms with E-state index >= 15 is 0 Å². The number of halogens is 1. The second-order valence-electron chi connectivity index (χ2n) is 7.68. The lowest BCUT2D eigenvalue weighted by molar-refractivity contribution is -0.116. The molecule has 33 heavy (non-hydrogen) atoms. The number of anilines is 1. The zero-order chi connectivity index (χ0) is 23.0. The maximum atomic E-state index is 12.5. The summed E-state index contributed by atoms with van der Waals surface area (Å²) >= 11 is 7.34. The summed E-state index contributed by atoms with van der Waals surface area (Å²) in [6.45, 7) is 4.23. The third-order valence-electron chi connectivity index (χ3n) is 5.25. The third-order valence-corrected chi connectivity index (χ3v) is 6.39. The summed E-state index contributed by atoms with van der Waals surface area (Å²) in [4.78, 5) is 31.5. The van der Waals surface area contributed by atoms with Gasteiger partial charge in [-0.15, -0.1) is 11.3 Å². The molecule has 2 amide bonds. The first-order valence-electron chi connectivity index (χ1n) is 10.8. The van der Waals surface area contributed by atoms with Crippen molar-refractivity contribution in [2.45, 2.75) is 13.0 Å². The quantitative estimate of drug-likeness (QED) is 0.504. The molecule has 1 fully saturated rings. The molecular weight excluding hydrogens is 460 g/mol. The Bertz CT molecular complexity index is 1100. The van der Waals surface area contributed by atoms with Gasteiger partial charge in [0.05, 0.1) is 13.2 Å². The second-order valence-corrected chi connectivity index (χ2v) is 8.97. The second kappa shape index (κ2) is 11.4. The molecule has 4 rings (SSSR count). The number of nitrogens with zero attached hydrogens (tertiary/aromatic N) is 2. The number of morpholine rings is 1. The van der Waals surface area contributed by atoms with Crippen LogP contribution in [-0.2, 0) is 16.1 Å². The van der Waals surface area contributed by atoms with Crippen LogP contribution in [0.25, 0.3) is 10.6 Å².